The van der Waals surface area contributed by atoms with Crippen molar-refractivity contribution in [2.24, 2.45) is 0 Å². The molecule has 0 bridgehead atoms. The predicted octanol–water partition coefficient (Wildman–Crippen LogP) is 3.72. The number of amides is 1. The first kappa shape index (κ1) is 15.3. The van der Waals surface area contributed by atoms with Crippen molar-refractivity contribution in [1.82, 2.24) is 4.90 Å². The molecule has 0 unspecified atom stereocenters. The van der Waals surface area contributed by atoms with Gasteiger partial charge in [-0.2, -0.15) is 0 Å². The van der Waals surface area contributed by atoms with Crippen LogP contribution in [-0.4, -0.2) is 17.9 Å². The molecule has 0 spiro atoms. The highest BCUT2D eigenvalue weighted by Crippen LogP contribution is 2.18. The summed E-state index contributed by atoms with van der Waals surface area (Å²) in [6, 6.07) is 15.9. The lowest BCUT2D eigenvalue weighted by Gasteiger charge is -2.17. The highest BCUT2D eigenvalue weighted by Gasteiger charge is 2.18. The third-order valence-corrected chi connectivity index (χ3v) is 3.95. The number of hydrogen-bond acceptors (Lipinski definition) is 3. The van der Waals surface area contributed by atoms with E-state index in [0.717, 1.165) is 5.56 Å². The van der Waals surface area contributed by atoms with Gasteiger partial charge in [-0.1, -0.05) is 48.0 Å². The minimum Gasteiger partial charge on any atom is -0.422 e. The van der Waals surface area contributed by atoms with Crippen molar-refractivity contribution in [3.8, 4) is 0 Å². The highest BCUT2D eigenvalue weighted by atomic mass is 35.5. The van der Waals surface area contributed by atoms with Crippen molar-refractivity contribution >= 4 is 28.5 Å². The van der Waals surface area contributed by atoms with Crippen LogP contribution in [0.5, 0.6) is 0 Å². The Labute approximate surface area is 137 Å². The molecule has 2 aromatic carbocycles. The maximum Gasteiger partial charge on any atom is 0.349 e. The molecule has 1 aromatic heterocycles. The van der Waals surface area contributed by atoms with Gasteiger partial charge in [0.05, 0.1) is 0 Å². The summed E-state index contributed by atoms with van der Waals surface area (Å²) in [5.74, 6) is -0.399. The van der Waals surface area contributed by atoms with Gasteiger partial charge in [-0.25, -0.2) is 4.79 Å². The van der Waals surface area contributed by atoms with Crippen molar-refractivity contribution in [3.63, 3.8) is 0 Å². The lowest BCUT2D eigenvalue weighted by atomic mass is 10.1. The fourth-order valence-corrected chi connectivity index (χ4v) is 2.57. The van der Waals surface area contributed by atoms with E-state index >= 15 is 0 Å². The second-order valence-corrected chi connectivity index (χ2v) is 5.65. The number of para-hydroxylation sites is 1. The Morgan fingerprint density at radius 1 is 1.13 bits per heavy atom. The first-order valence-corrected chi connectivity index (χ1v) is 7.46. The molecule has 0 aliphatic rings. The Hall–Kier alpha value is -2.59. The Kier molecular flexibility index (Phi) is 4.17. The van der Waals surface area contributed by atoms with E-state index in [2.05, 4.69) is 0 Å². The summed E-state index contributed by atoms with van der Waals surface area (Å²) in [6.07, 6.45) is 0. The highest BCUT2D eigenvalue weighted by molar-refractivity contribution is 6.31. The predicted molar refractivity (Wildman–Crippen MR) is 89.7 cm³/mol. The van der Waals surface area contributed by atoms with E-state index in [4.69, 9.17) is 16.0 Å². The summed E-state index contributed by atoms with van der Waals surface area (Å²) >= 11 is 6.11. The second kappa shape index (κ2) is 6.26. The zero-order valence-electron chi connectivity index (χ0n) is 12.5. The van der Waals surface area contributed by atoms with Gasteiger partial charge in [-0.15, -0.1) is 0 Å². The Morgan fingerprint density at radius 3 is 2.61 bits per heavy atom. The van der Waals surface area contributed by atoms with Gasteiger partial charge in [0.1, 0.15) is 11.1 Å². The molecule has 116 valence electrons. The quantitative estimate of drug-likeness (QED) is 0.689. The molecule has 0 radical (unpaired) electrons. The van der Waals surface area contributed by atoms with Crippen LogP contribution in [0, 0.1) is 0 Å². The molecule has 23 heavy (non-hydrogen) atoms. The molecule has 0 fully saturated rings. The summed E-state index contributed by atoms with van der Waals surface area (Å²) in [6.45, 7) is 0.310. The van der Waals surface area contributed by atoms with Crippen LogP contribution in [0.4, 0.5) is 0 Å². The number of hydrogen-bond donors (Lipinski definition) is 0. The van der Waals surface area contributed by atoms with Crippen molar-refractivity contribution in [2.45, 2.75) is 6.54 Å². The smallest absolute Gasteiger partial charge is 0.349 e. The van der Waals surface area contributed by atoms with Gasteiger partial charge in [0.15, 0.2) is 0 Å². The van der Waals surface area contributed by atoms with Crippen LogP contribution in [0.15, 0.2) is 63.8 Å². The fraction of sp³-hybridized carbons (Fsp3) is 0.111. The third-order valence-electron chi connectivity index (χ3n) is 3.58. The SMILES string of the molecule is CN(Cc1ccccc1Cl)C(=O)c1cc2ccccc2oc1=O. The van der Waals surface area contributed by atoms with Gasteiger partial charge in [-0.3, -0.25) is 4.79 Å². The zero-order chi connectivity index (χ0) is 16.4. The topological polar surface area (TPSA) is 50.5 Å². The maximum atomic E-state index is 12.5. The Balaban J connectivity index is 1.92. The molecular formula is C18H14ClNO3. The molecule has 0 saturated heterocycles. The number of carbonyl (C=O) groups excluding carboxylic acids is 1. The number of nitrogens with zero attached hydrogens (tertiary/aromatic N) is 1. The Morgan fingerprint density at radius 2 is 1.83 bits per heavy atom. The lowest BCUT2D eigenvalue weighted by Crippen LogP contribution is -2.30. The average Bonchev–Trinajstić information content (AvgIpc) is 2.55. The molecule has 1 heterocycles. The van der Waals surface area contributed by atoms with E-state index in [1.807, 2.05) is 24.3 Å². The van der Waals surface area contributed by atoms with Crippen LogP contribution in [0.3, 0.4) is 0 Å². The fourth-order valence-electron chi connectivity index (χ4n) is 2.37. The zero-order valence-corrected chi connectivity index (χ0v) is 13.2. The average molecular weight is 328 g/mol. The van der Waals surface area contributed by atoms with Crippen LogP contribution in [0.1, 0.15) is 15.9 Å². The van der Waals surface area contributed by atoms with E-state index in [-0.39, 0.29) is 5.56 Å². The monoisotopic (exact) mass is 327 g/mol. The van der Waals surface area contributed by atoms with Gasteiger partial charge < -0.3 is 9.32 Å². The van der Waals surface area contributed by atoms with E-state index in [0.29, 0.717) is 22.5 Å². The standard InChI is InChI=1S/C18H14ClNO3/c1-20(11-13-7-2-4-8-15(13)19)17(21)14-10-12-6-3-5-9-16(12)23-18(14)22/h2-10H,11H2,1H3. The van der Waals surface area contributed by atoms with Crippen LogP contribution in [0.2, 0.25) is 5.02 Å². The largest absolute Gasteiger partial charge is 0.422 e. The van der Waals surface area contributed by atoms with Gasteiger partial charge in [0, 0.05) is 24.0 Å². The molecule has 0 atom stereocenters. The molecule has 3 aromatic rings. The molecule has 0 aliphatic carbocycles. The van der Waals surface area contributed by atoms with E-state index in [1.54, 1.807) is 37.4 Å². The van der Waals surface area contributed by atoms with E-state index in [1.165, 1.54) is 4.90 Å². The van der Waals surface area contributed by atoms with E-state index in [9.17, 15) is 9.59 Å². The molecule has 3 rings (SSSR count). The summed E-state index contributed by atoms with van der Waals surface area (Å²) in [7, 11) is 1.63. The minimum atomic E-state index is -0.639. The first-order valence-electron chi connectivity index (χ1n) is 7.08. The third kappa shape index (κ3) is 3.12. The van der Waals surface area contributed by atoms with Crippen LogP contribution in [0.25, 0.3) is 11.0 Å². The molecule has 4 nitrogen and oxygen atoms in total. The van der Waals surface area contributed by atoms with Gasteiger partial charge in [-0.05, 0) is 23.8 Å². The van der Waals surface area contributed by atoms with Crippen LogP contribution < -0.4 is 5.63 Å². The van der Waals surface area contributed by atoms with Gasteiger partial charge in [0.2, 0.25) is 0 Å². The Bertz CT molecular complexity index is 933. The molecular weight excluding hydrogens is 314 g/mol. The lowest BCUT2D eigenvalue weighted by molar-refractivity contribution is 0.0781. The van der Waals surface area contributed by atoms with Gasteiger partial charge in [0.25, 0.3) is 5.91 Å². The summed E-state index contributed by atoms with van der Waals surface area (Å²) in [5.41, 5.74) is 0.649. The second-order valence-electron chi connectivity index (χ2n) is 5.24. The van der Waals surface area contributed by atoms with Crippen molar-refractivity contribution in [2.75, 3.05) is 7.05 Å². The summed E-state index contributed by atoms with van der Waals surface area (Å²) in [4.78, 5) is 26.1. The minimum absolute atomic E-state index is 0.0123. The molecule has 0 saturated carbocycles. The van der Waals surface area contributed by atoms with Gasteiger partial charge >= 0.3 is 5.63 Å². The summed E-state index contributed by atoms with van der Waals surface area (Å²) < 4.78 is 5.21. The van der Waals surface area contributed by atoms with Crippen molar-refractivity contribution < 1.29 is 9.21 Å². The van der Waals surface area contributed by atoms with E-state index < -0.39 is 11.5 Å². The van der Waals surface area contributed by atoms with Crippen molar-refractivity contribution in [3.05, 3.63) is 81.2 Å². The first-order chi connectivity index (χ1) is 11.1. The van der Waals surface area contributed by atoms with Crippen LogP contribution in [-0.2, 0) is 6.54 Å². The number of benzene rings is 2. The summed E-state index contributed by atoms with van der Waals surface area (Å²) in [5, 5.41) is 1.29. The molecule has 0 N–H and O–H groups in total. The van der Waals surface area contributed by atoms with Crippen LogP contribution >= 0.6 is 11.6 Å². The molecule has 5 heteroatoms. The molecule has 0 aliphatic heterocycles. The van der Waals surface area contributed by atoms with Crippen molar-refractivity contribution in [1.29, 1.82) is 0 Å². The normalized spacial score (nSPS) is 10.7. The number of halogens is 1. The number of rotatable bonds is 3. The number of fused-ring (bicyclic) bond motifs is 1. The molecule has 1 amide bonds. The maximum absolute atomic E-state index is 12.5. The number of carbonyl (C=O) groups is 1.